The van der Waals surface area contributed by atoms with Crippen molar-refractivity contribution in [3.05, 3.63) is 54.1 Å². The predicted octanol–water partition coefficient (Wildman–Crippen LogP) is 3.75. The third kappa shape index (κ3) is 3.29. The number of aromatic hydroxyl groups is 1. The summed E-state index contributed by atoms with van der Waals surface area (Å²) in [5, 5.41) is 9.17. The van der Waals surface area contributed by atoms with Crippen molar-refractivity contribution in [3.8, 4) is 29.6 Å². The van der Waals surface area contributed by atoms with Gasteiger partial charge in [0.15, 0.2) is 0 Å². The van der Waals surface area contributed by atoms with Gasteiger partial charge in [0.25, 0.3) is 0 Å². The molecule has 0 amide bonds. The van der Waals surface area contributed by atoms with Gasteiger partial charge in [0.2, 0.25) is 0 Å². The van der Waals surface area contributed by atoms with E-state index in [0.717, 1.165) is 18.6 Å². The first-order valence-corrected chi connectivity index (χ1v) is 5.77. The minimum atomic E-state index is 0.229. The van der Waals surface area contributed by atoms with Crippen LogP contribution in [0.3, 0.4) is 0 Å². The van der Waals surface area contributed by atoms with E-state index in [0.29, 0.717) is 5.75 Å². The quantitative estimate of drug-likeness (QED) is 0.822. The summed E-state index contributed by atoms with van der Waals surface area (Å²) in [5.41, 5.74) is 1.20. The summed E-state index contributed by atoms with van der Waals surface area (Å²) >= 11 is 0. The molecule has 0 bridgehead atoms. The van der Waals surface area contributed by atoms with Gasteiger partial charge in [0, 0.05) is 6.42 Å². The minimum absolute atomic E-state index is 0.229. The number of hydrogen-bond acceptors (Lipinski definition) is 2. The normalized spacial score (nSPS) is 9.72. The van der Waals surface area contributed by atoms with Crippen LogP contribution in [0, 0.1) is 12.3 Å². The fraction of sp³-hybridized carbons (Fsp3) is 0.125. The van der Waals surface area contributed by atoms with Crippen LogP contribution in [0.5, 0.6) is 17.2 Å². The number of ether oxygens (including phenoxy) is 1. The van der Waals surface area contributed by atoms with E-state index in [1.807, 2.05) is 24.3 Å². The lowest BCUT2D eigenvalue weighted by molar-refractivity contribution is 0.464. The summed E-state index contributed by atoms with van der Waals surface area (Å²) in [6, 6.07) is 14.5. The summed E-state index contributed by atoms with van der Waals surface area (Å²) in [6.07, 6.45) is 6.86. The van der Waals surface area contributed by atoms with E-state index in [1.165, 1.54) is 5.56 Å². The summed E-state index contributed by atoms with van der Waals surface area (Å²) in [6.45, 7) is 0. The van der Waals surface area contributed by atoms with E-state index in [-0.39, 0.29) is 5.75 Å². The lowest BCUT2D eigenvalue weighted by Gasteiger charge is -2.06. The number of phenolic OH excluding ortho intramolecular Hbond substituents is 1. The molecule has 1 N–H and O–H groups in total. The molecular formula is C16H14O2. The highest BCUT2D eigenvalue weighted by molar-refractivity contribution is 5.35. The molecule has 0 aliphatic rings. The molecule has 0 aliphatic carbocycles. The third-order valence-corrected chi connectivity index (χ3v) is 2.55. The maximum Gasteiger partial charge on any atom is 0.127 e. The number of rotatable bonds is 4. The Balaban J connectivity index is 2.02. The second kappa shape index (κ2) is 5.79. The summed E-state index contributed by atoms with van der Waals surface area (Å²) in [7, 11) is 0. The van der Waals surface area contributed by atoms with Gasteiger partial charge in [0.1, 0.15) is 17.2 Å². The molecule has 2 aromatic carbocycles. The van der Waals surface area contributed by atoms with Crippen molar-refractivity contribution in [2.24, 2.45) is 0 Å². The molecule has 0 aromatic heterocycles. The Kier molecular flexibility index (Phi) is 3.88. The predicted molar refractivity (Wildman–Crippen MR) is 71.8 cm³/mol. The Labute approximate surface area is 107 Å². The van der Waals surface area contributed by atoms with Crippen molar-refractivity contribution < 1.29 is 9.84 Å². The van der Waals surface area contributed by atoms with Crippen molar-refractivity contribution in [1.82, 2.24) is 0 Å². The van der Waals surface area contributed by atoms with Gasteiger partial charge in [-0.25, -0.2) is 0 Å². The Morgan fingerprint density at radius 1 is 0.944 bits per heavy atom. The van der Waals surface area contributed by atoms with Crippen molar-refractivity contribution in [3.63, 3.8) is 0 Å². The van der Waals surface area contributed by atoms with Gasteiger partial charge in [-0.3, -0.25) is 0 Å². The average molecular weight is 238 g/mol. The van der Waals surface area contributed by atoms with Crippen molar-refractivity contribution in [2.75, 3.05) is 0 Å². The van der Waals surface area contributed by atoms with Crippen LogP contribution in [0.25, 0.3) is 0 Å². The Morgan fingerprint density at radius 3 is 2.06 bits per heavy atom. The second-order valence-corrected chi connectivity index (χ2v) is 3.94. The van der Waals surface area contributed by atoms with Crippen LogP contribution in [0.15, 0.2) is 48.5 Å². The molecular weight excluding hydrogens is 224 g/mol. The van der Waals surface area contributed by atoms with Gasteiger partial charge in [-0.2, -0.15) is 0 Å². The van der Waals surface area contributed by atoms with Gasteiger partial charge in [0.05, 0.1) is 0 Å². The molecule has 0 unspecified atom stereocenters. The van der Waals surface area contributed by atoms with Crippen molar-refractivity contribution in [2.45, 2.75) is 12.8 Å². The summed E-state index contributed by atoms with van der Waals surface area (Å²) < 4.78 is 5.64. The van der Waals surface area contributed by atoms with Crippen molar-refractivity contribution in [1.29, 1.82) is 0 Å². The third-order valence-electron chi connectivity index (χ3n) is 2.55. The SMILES string of the molecule is C#CCCc1ccc(Oc2ccc(O)cc2)cc1. The molecule has 2 heteroatoms. The highest BCUT2D eigenvalue weighted by Gasteiger charge is 1.98. The van der Waals surface area contributed by atoms with Crippen LogP contribution >= 0.6 is 0 Å². The number of aryl methyl sites for hydroxylation is 1. The maximum atomic E-state index is 9.17. The van der Waals surface area contributed by atoms with Crippen LogP contribution in [-0.2, 0) is 6.42 Å². The topological polar surface area (TPSA) is 29.5 Å². The Bertz CT molecular complexity index is 533. The maximum absolute atomic E-state index is 9.17. The summed E-state index contributed by atoms with van der Waals surface area (Å²) in [4.78, 5) is 0. The standard InChI is InChI=1S/C16H14O2/c1-2-3-4-13-5-9-15(10-6-13)18-16-11-7-14(17)8-12-16/h1,5-12,17H,3-4H2. The highest BCUT2D eigenvalue weighted by atomic mass is 16.5. The zero-order chi connectivity index (χ0) is 12.8. The monoisotopic (exact) mass is 238 g/mol. The first-order chi connectivity index (χ1) is 8.78. The Hall–Kier alpha value is -2.40. The molecule has 2 rings (SSSR count). The average Bonchev–Trinajstić information content (AvgIpc) is 2.41. The second-order valence-electron chi connectivity index (χ2n) is 3.94. The van der Waals surface area contributed by atoms with E-state index in [2.05, 4.69) is 5.92 Å². The van der Waals surface area contributed by atoms with E-state index >= 15 is 0 Å². The van der Waals surface area contributed by atoms with Crippen LogP contribution in [0.1, 0.15) is 12.0 Å². The molecule has 18 heavy (non-hydrogen) atoms. The van der Waals surface area contributed by atoms with Crippen LogP contribution in [0.4, 0.5) is 0 Å². The fourth-order valence-corrected chi connectivity index (χ4v) is 1.59. The molecule has 0 saturated heterocycles. The van der Waals surface area contributed by atoms with E-state index in [1.54, 1.807) is 24.3 Å². The number of terminal acetylenes is 1. The summed E-state index contributed by atoms with van der Waals surface area (Å²) in [5.74, 6) is 4.32. The van der Waals surface area contributed by atoms with Crippen molar-refractivity contribution >= 4 is 0 Å². The molecule has 2 aromatic rings. The van der Waals surface area contributed by atoms with E-state index < -0.39 is 0 Å². The number of phenols is 1. The molecule has 0 atom stereocenters. The zero-order valence-electron chi connectivity index (χ0n) is 9.97. The number of hydrogen-bond donors (Lipinski definition) is 1. The van der Waals surface area contributed by atoms with Crippen LogP contribution in [0.2, 0.25) is 0 Å². The smallest absolute Gasteiger partial charge is 0.127 e. The molecule has 0 heterocycles. The van der Waals surface area contributed by atoms with Gasteiger partial charge < -0.3 is 9.84 Å². The molecule has 0 saturated carbocycles. The lowest BCUT2D eigenvalue weighted by Crippen LogP contribution is -1.86. The van der Waals surface area contributed by atoms with Gasteiger partial charge >= 0.3 is 0 Å². The molecule has 0 aliphatic heterocycles. The van der Waals surface area contributed by atoms with Crippen LogP contribution < -0.4 is 4.74 Å². The molecule has 90 valence electrons. The van der Waals surface area contributed by atoms with Gasteiger partial charge in [-0.1, -0.05) is 12.1 Å². The Morgan fingerprint density at radius 2 is 1.50 bits per heavy atom. The first kappa shape index (κ1) is 12.1. The van der Waals surface area contributed by atoms with E-state index in [4.69, 9.17) is 16.3 Å². The fourth-order valence-electron chi connectivity index (χ4n) is 1.59. The highest BCUT2D eigenvalue weighted by Crippen LogP contribution is 2.23. The minimum Gasteiger partial charge on any atom is -0.508 e. The van der Waals surface area contributed by atoms with E-state index in [9.17, 15) is 0 Å². The van der Waals surface area contributed by atoms with Gasteiger partial charge in [-0.15, -0.1) is 12.3 Å². The largest absolute Gasteiger partial charge is 0.508 e. The molecule has 0 fully saturated rings. The molecule has 0 radical (unpaired) electrons. The van der Waals surface area contributed by atoms with Gasteiger partial charge in [-0.05, 0) is 48.4 Å². The van der Waals surface area contributed by atoms with Crippen LogP contribution in [-0.4, -0.2) is 5.11 Å². The molecule has 2 nitrogen and oxygen atoms in total. The lowest BCUT2D eigenvalue weighted by atomic mass is 10.1. The first-order valence-electron chi connectivity index (χ1n) is 5.77. The number of benzene rings is 2. The molecule has 0 spiro atoms. The zero-order valence-corrected chi connectivity index (χ0v) is 9.97.